The van der Waals surface area contributed by atoms with E-state index in [2.05, 4.69) is 39.2 Å². The molecule has 2 aromatic carbocycles. The van der Waals surface area contributed by atoms with Gasteiger partial charge in [-0.25, -0.2) is 0 Å². The fraction of sp³-hybridized carbons (Fsp3) is 0.538. The van der Waals surface area contributed by atoms with Gasteiger partial charge in [0.15, 0.2) is 0 Å². The molecule has 0 aromatic heterocycles. The average Bonchev–Trinajstić information content (AvgIpc) is 2.75. The largest absolute Gasteiger partial charge is 0.389 e. The lowest BCUT2D eigenvalue weighted by atomic mass is 9.72. The Kier molecular flexibility index (Phi) is 12.3. The number of hydrogen-bond acceptors (Lipinski definition) is 3. The van der Waals surface area contributed by atoms with Gasteiger partial charge in [0.2, 0.25) is 0 Å². The number of hydrogen-bond donors (Lipinski definition) is 1. The van der Waals surface area contributed by atoms with Crippen LogP contribution in [0.25, 0.3) is 0 Å². The van der Waals surface area contributed by atoms with Crippen molar-refractivity contribution in [1.29, 1.82) is 0 Å². The molecule has 2 nitrogen and oxygen atoms in total. The fourth-order valence-electron chi connectivity index (χ4n) is 3.45. The maximum absolute atomic E-state index is 9.02. The normalized spacial score (nSPS) is 19.8. The fourth-order valence-corrected chi connectivity index (χ4v) is 3.88. The van der Waals surface area contributed by atoms with Gasteiger partial charge in [0.05, 0.1) is 12.2 Å². The van der Waals surface area contributed by atoms with Crippen LogP contribution >= 0.6 is 11.8 Å². The lowest BCUT2D eigenvalue weighted by Gasteiger charge is -2.36. The lowest BCUT2D eigenvalue weighted by molar-refractivity contribution is 0.0353. The van der Waals surface area contributed by atoms with Gasteiger partial charge in [-0.2, -0.15) is 0 Å². The molecule has 0 bridgehead atoms. The summed E-state index contributed by atoms with van der Waals surface area (Å²) in [6.07, 6.45) is 7.51. The van der Waals surface area contributed by atoms with Crippen molar-refractivity contribution in [2.45, 2.75) is 70.5 Å². The molecule has 0 spiro atoms. The van der Waals surface area contributed by atoms with Crippen LogP contribution in [0, 0.1) is 11.3 Å². The Balaban J connectivity index is 0.000000223. The zero-order valence-corrected chi connectivity index (χ0v) is 19.9. The minimum absolute atomic E-state index is 0.341. The van der Waals surface area contributed by atoms with E-state index in [0.717, 1.165) is 11.5 Å². The molecule has 0 radical (unpaired) electrons. The van der Waals surface area contributed by atoms with Gasteiger partial charge in [-0.3, -0.25) is 0 Å². The Morgan fingerprint density at radius 3 is 1.69 bits per heavy atom. The molecule has 0 aliphatic heterocycles. The predicted octanol–water partition coefficient (Wildman–Crippen LogP) is 7.39. The number of ether oxygens (including phenoxy) is 1. The quantitative estimate of drug-likeness (QED) is 0.529. The molecule has 1 unspecified atom stereocenters. The number of aliphatic hydroxyl groups is 1. The number of thioether (sulfide) groups is 1. The standard InChI is InChI=1S/C11H22O.C8H10O.C7H8S/c1-11(2,3)9-5-7-10(12-4)8-6-9;1-7(9)8-5-3-2-4-6-8;1-8-7-5-3-2-4-6-7/h9-10H,5-8H2,1-4H3;2-7,9H,1H3;2-6H,1H3. The second-order valence-electron chi connectivity index (χ2n) is 8.68. The van der Waals surface area contributed by atoms with E-state index in [1.807, 2.05) is 55.6 Å². The van der Waals surface area contributed by atoms with Crippen molar-refractivity contribution in [2.24, 2.45) is 11.3 Å². The smallest absolute Gasteiger partial charge is 0.0761 e. The Hall–Kier alpha value is -1.29. The number of methoxy groups -OCH3 is 1. The maximum Gasteiger partial charge on any atom is 0.0761 e. The first-order chi connectivity index (χ1) is 13.8. The Morgan fingerprint density at radius 2 is 1.38 bits per heavy atom. The highest BCUT2D eigenvalue weighted by atomic mass is 32.2. The summed E-state index contributed by atoms with van der Waals surface area (Å²) >= 11 is 1.77. The van der Waals surface area contributed by atoms with Crippen molar-refractivity contribution in [1.82, 2.24) is 0 Å². The monoisotopic (exact) mass is 416 g/mol. The zero-order valence-electron chi connectivity index (χ0n) is 19.1. The van der Waals surface area contributed by atoms with Gasteiger partial charge in [0.1, 0.15) is 0 Å². The molecule has 1 aliphatic carbocycles. The molecular weight excluding hydrogens is 376 g/mol. The van der Waals surface area contributed by atoms with Crippen molar-refractivity contribution in [3.8, 4) is 0 Å². The molecule has 0 heterocycles. The third-order valence-electron chi connectivity index (χ3n) is 5.49. The molecule has 1 fully saturated rings. The Morgan fingerprint density at radius 1 is 0.897 bits per heavy atom. The number of aliphatic hydroxyl groups excluding tert-OH is 1. The summed E-state index contributed by atoms with van der Waals surface area (Å²) in [5.41, 5.74) is 1.47. The van der Waals surface area contributed by atoms with Crippen LogP contribution in [0.2, 0.25) is 0 Å². The van der Waals surface area contributed by atoms with E-state index in [-0.39, 0.29) is 6.10 Å². The van der Waals surface area contributed by atoms with E-state index in [1.165, 1.54) is 30.6 Å². The van der Waals surface area contributed by atoms with Gasteiger partial charge in [-0.15, -0.1) is 11.8 Å². The molecule has 1 N–H and O–H groups in total. The average molecular weight is 417 g/mol. The van der Waals surface area contributed by atoms with Crippen molar-refractivity contribution >= 4 is 11.8 Å². The van der Waals surface area contributed by atoms with Crippen LogP contribution in [0.1, 0.15) is 65.0 Å². The Labute approximate surface area is 183 Å². The summed E-state index contributed by atoms with van der Waals surface area (Å²) in [5, 5.41) is 9.02. The van der Waals surface area contributed by atoms with Crippen molar-refractivity contribution < 1.29 is 9.84 Å². The molecular formula is C26H40O2S. The van der Waals surface area contributed by atoms with Crippen LogP contribution in [0.3, 0.4) is 0 Å². The van der Waals surface area contributed by atoms with Crippen molar-refractivity contribution in [3.05, 3.63) is 66.2 Å². The number of benzene rings is 2. The molecule has 162 valence electrons. The van der Waals surface area contributed by atoms with Gasteiger partial charge < -0.3 is 9.84 Å². The van der Waals surface area contributed by atoms with Crippen LogP contribution in [-0.2, 0) is 4.74 Å². The second-order valence-corrected chi connectivity index (χ2v) is 9.56. The van der Waals surface area contributed by atoms with Crippen molar-refractivity contribution in [3.63, 3.8) is 0 Å². The highest BCUT2D eigenvalue weighted by molar-refractivity contribution is 7.98. The van der Waals surface area contributed by atoms with E-state index in [0.29, 0.717) is 11.5 Å². The van der Waals surface area contributed by atoms with Gasteiger partial charge in [-0.05, 0) is 67.9 Å². The topological polar surface area (TPSA) is 29.5 Å². The third kappa shape index (κ3) is 10.9. The molecule has 2 aromatic rings. The lowest BCUT2D eigenvalue weighted by Crippen LogP contribution is -2.28. The maximum atomic E-state index is 9.02. The SMILES string of the molecule is CC(O)c1ccccc1.COC1CCC(C(C)(C)C)CC1.CSc1ccccc1. The summed E-state index contributed by atoms with van der Waals surface area (Å²) in [6, 6.07) is 19.9. The predicted molar refractivity (Wildman–Crippen MR) is 128 cm³/mol. The first-order valence-corrected chi connectivity index (χ1v) is 11.8. The van der Waals surface area contributed by atoms with Crippen LogP contribution < -0.4 is 0 Å². The number of rotatable bonds is 3. The summed E-state index contributed by atoms with van der Waals surface area (Å²) in [7, 11) is 1.84. The molecule has 1 aliphatic rings. The van der Waals surface area contributed by atoms with Crippen LogP contribution in [-0.4, -0.2) is 24.6 Å². The van der Waals surface area contributed by atoms with Gasteiger partial charge >= 0.3 is 0 Å². The van der Waals surface area contributed by atoms with Crippen LogP contribution in [0.15, 0.2) is 65.6 Å². The van der Waals surface area contributed by atoms with E-state index >= 15 is 0 Å². The third-order valence-corrected chi connectivity index (χ3v) is 6.24. The van der Waals surface area contributed by atoms with Crippen molar-refractivity contribution in [2.75, 3.05) is 13.4 Å². The molecule has 29 heavy (non-hydrogen) atoms. The zero-order chi connectivity index (χ0) is 21.7. The van der Waals surface area contributed by atoms with Crippen LogP contribution in [0.5, 0.6) is 0 Å². The summed E-state index contributed by atoms with van der Waals surface area (Å²) in [6.45, 7) is 8.82. The second kappa shape index (κ2) is 13.8. The molecule has 1 atom stereocenters. The first-order valence-electron chi connectivity index (χ1n) is 10.6. The van der Waals surface area contributed by atoms with Gasteiger partial charge in [-0.1, -0.05) is 69.3 Å². The summed E-state index contributed by atoms with van der Waals surface area (Å²) < 4.78 is 5.35. The molecule has 3 heteroatoms. The summed E-state index contributed by atoms with van der Waals surface area (Å²) in [4.78, 5) is 1.33. The highest BCUT2D eigenvalue weighted by Gasteiger charge is 2.29. The van der Waals surface area contributed by atoms with Crippen LogP contribution in [0.4, 0.5) is 0 Å². The molecule has 0 saturated heterocycles. The minimum atomic E-state index is -0.341. The first kappa shape index (κ1) is 25.7. The molecule has 3 rings (SSSR count). The summed E-state index contributed by atoms with van der Waals surface area (Å²) in [5.74, 6) is 0.906. The van der Waals surface area contributed by atoms with Gasteiger partial charge in [0.25, 0.3) is 0 Å². The molecule has 0 amide bonds. The van der Waals surface area contributed by atoms with E-state index in [4.69, 9.17) is 9.84 Å². The van der Waals surface area contributed by atoms with E-state index < -0.39 is 0 Å². The minimum Gasteiger partial charge on any atom is -0.389 e. The van der Waals surface area contributed by atoms with E-state index in [1.54, 1.807) is 18.7 Å². The molecule has 1 saturated carbocycles. The van der Waals surface area contributed by atoms with E-state index in [9.17, 15) is 0 Å². The van der Waals surface area contributed by atoms with Gasteiger partial charge in [0, 0.05) is 12.0 Å². The Bertz CT molecular complexity index is 627. The highest BCUT2D eigenvalue weighted by Crippen LogP contribution is 2.38.